The van der Waals surface area contributed by atoms with Crippen molar-refractivity contribution in [2.45, 2.75) is 24.9 Å². The summed E-state index contributed by atoms with van der Waals surface area (Å²) in [7, 11) is -0.980. The zero-order chi connectivity index (χ0) is 16.9. The van der Waals surface area contributed by atoms with Gasteiger partial charge in [0.05, 0.1) is 16.2 Å². The first-order chi connectivity index (χ1) is 11.5. The normalized spacial score (nSPS) is 17.5. The van der Waals surface area contributed by atoms with Gasteiger partial charge in [0.2, 0.25) is 0 Å². The molecule has 2 N–H and O–H groups in total. The first kappa shape index (κ1) is 15.6. The fourth-order valence-corrected chi connectivity index (χ4v) is 3.61. The molecule has 0 aromatic heterocycles. The van der Waals surface area contributed by atoms with E-state index in [4.69, 9.17) is 16.3 Å². The molecule has 122 valence electrons. The number of hydrogen-bond acceptors (Lipinski definition) is 3. The van der Waals surface area contributed by atoms with Crippen LogP contribution in [0.15, 0.2) is 36.4 Å². The monoisotopic (exact) mass is 345 g/mol. The van der Waals surface area contributed by atoms with Crippen LogP contribution in [-0.2, 0) is 10.3 Å². The van der Waals surface area contributed by atoms with E-state index in [-0.39, 0.29) is 16.2 Å². The number of anilines is 1. The summed E-state index contributed by atoms with van der Waals surface area (Å²) in [5, 5.41) is 12.9. The van der Waals surface area contributed by atoms with Crippen molar-refractivity contribution < 1.29 is 18.9 Å². The van der Waals surface area contributed by atoms with E-state index < -0.39 is 18.8 Å². The molecule has 1 saturated carbocycles. The van der Waals surface area contributed by atoms with E-state index in [0.717, 1.165) is 30.9 Å². The lowest BCUT2D eigenvalue weighted by Gasteiger charge is -2.39. The summed E-state index contributed by atoms with van der Waals surface area (Å²) in [6.07, 6.45) is 2.87. The van der Waals surface area contributed by atoms with E-state index in [1.165, 1.54) is 12.1 Å². The van der Waals surface area contributed by atoms with Gasteiger partial charge in [-0.05, 0) is 60.6 Å². The molecule has 0 unspecified atom stereocenters. The Morgan fingerprint density at radius 1 is 1.29 bits per heavy atom. The van der Waals surface area contributed by atoms with Gasteiger partial charge >= 0.3 is 7.12 Å². The average Bonchev–Trinajstić information content (AvgIpc) is 2.80. The van der Waals surface area contributed by atoms with Crippen LogP contribution in [0.1, 0.15) is 35.2 Å². The number of halogens is 2. The van der Waals surface area contributed by atoms with Gasteiger partial charge < -0.3 is 15.0 Å². The minimum absolute atomic E-state index is 0.0467. The molecule has 1 fully saturated rings. The van der Waals surface area contributed by atoms with E-state index >= 15 is 0 Å². The first-order valence-corrected chi connectivity index (χ1v) is 8.13. The van der Waals surface area contributed by atoms with Crippen molar-refractivity contribution >= 4 is 35.8 Å². The van der Waals surface area contributed by atoms with Gasteiger partial charge in [-0.1, -0.05) is 17.7 Å². The summed E-state index contributed by atoms with van der Waals surface area (Å²) in [5.74, 6) is -0.938. The Bertz CT molecular complexity index is 841. The second-order valence-electron chi connectivity index (χ2n) is 6.20. The highest BCUT2D eigenvalue weighted by Crippen LogP contribution is 2.47. The molecule has 2 aliphatic rings. The summed E-state index contributed by atoms with van der Waals surface area (Å²) >= 11 is 5.91. The SMILES string of the molecule is O=C(Nc1ccc2c(c1)B(O)OC21CCC1)c1ccc(F)cc1Cl. The Hall–Kier alpha value is -1.89. The van der Waals surface area contributed by atoms with Gasteiger partial charge in [0.15, 0.2) is 0 Å². The van der Waals surface area contributed by atoms with Crippen LogP contribution >= 0.6 is 11.6 Å². The van der Waals surface area contributed by atoms with Gasteiger partial charge in [-0.25, -0.2) is 4.39 Å². The molecule has 2 aromatic rings. The quantitative estimate of drug-likeness (QED) is 0.823. The third-order valence-corrected chi connectivity index (χ3v) is 5.05. The lowest BCUT2D eigenvalue weighted by atomic mass is 9.72. The summed E-state index contributed by atoms with van der Waals surface area (Å²) in [5.41, 5.74) is 2.01. The highest BCUT2D eigenvalue weighted by molar-refractivity contribution is 6.62. The Balaban J connectivity index is 1.60. The molecule has 0 radical (unpaired) electrons. The second-order valence-corrected chi connectivity index (χ2v) is 6.61. The van der Waals surface area contributed by atoms with Crippen LogP contribution in [0.5, 0.6) is 0 Å². The standard InChI is InChI=1S/C17H14BClFNO3/c19-15-8-10(20)2-4-12(15)16(22)21-11-3-5-13-14(9-11)18(23)24-17(13)6-1-7-17/h2-5,8-9,23H,1,6-7H2,(H,21,22). The zero-order valence-electron chi connectivity index (χ0n) is 12.7. The molecule has 0 bridgehead atoms. The van der Waals surface area contributed by atoms with Crippen molar-refractivity contribution in [2.75, 3.05) is 5.32 Å². The van der Waals surface area contributed by atoms with Crippen LogP contribution in [0.25, 0.3) is 0 Å². The van der Waals surface area contributed by atoms with Crippen LogP contribution in [0.2, 0.25) is 5.02 Å². The second kappa shape index (κ2) is 5.58. The maximum absolute atomic E-state index is 13.1. The third kappa shape index (κ3) is 2.42. The Morgan fingerprint density at radius 2 is 2.08 bits per heavy atom. The average molecular weight is 346 g/mol. The molecule has 1 heterocycles. The molecule has 1 aliphatic carbocycles. The number of carbonyl (C=O) groups is 1. The molecule has 7 heteroatoms. The van der Waals surface area contributed by atoms with E-state index in [9.17, 15) is 14.2 Å². The van der Waals surface area contributed by atoms with Gasteiger partial charge in [0.25, 0.3) is 5.91 Å². The topological polar surface area (TPSA) is 58.6 Å². The predicted octanol–water partition coefficient (Wildman–Crippen LogP) is 2.83. The fourth-order valence-electron chi connectivity index (χ4n) is 3.36. The summed E-state index contributed by atoms with van der Waals surface area (Å²) in [6, 6.07) is 8.98. The molecular formula is C17H14BClFNO3. The molecule has 0 saturated heterocycles. The van der Waals surface area contributed by atoms with E-state index in [2.05, 4.69) is 5.32 Å². The summed E-state index contributed by atoms with van der Waals surface area (Å²) in [4.78, 5) is 12.3. The van der Waals surface area contributed by atoms with Crippen molar-refractivity contribution in [2.24, 2.45) is 0 Å². The fraction of sp³-hybridized carbons (Fsp3) is 0.235. The van der Waals surface area contributed by atoms with Gasteiger partial charge in [0.1, 0.15) is 5.82 Å². The van der Waals surface area contributed by atoms with Crippen LogP contribution in [0, 0.1) is 5.82 Å². The van der Waals surface area contributed by atoms with Gasteiger partial charge in [0, 0.05) is 5.69 Å². The van der Waals surface area contributed by atoms with E-state index in [0.29, 0.717) is 11.2 Å². The zero-order valence-corrected chi connectivity index (χ0v) is 13.4. The van der Waals surface area contributed by atoms with Crippen molar-refractivity contribution in [3.8, 4) is 0 Å². The third-order valence-electron chi connectivity index (χ3n) is 4.74. The smallest absolute Gasteiger partial charge is 0.423 e. The molecule has 0 atom stereocenters. The number of amides is 1. The van der Waals surface area contributed by atoms with Crippen LogP contribution in [0.4, 0.5) is 10.1 Å². The lowest BCUT2D eigenvalue weighted by molar-refractivity contribution is -0.0152. The molecule has 1 amide bonds. The largest absolute Gasteiger partial charge is 0.492 e. The van der Waals surface area contributed by atoms with E-state index in [1.54, 1.807) is 12.1 Å². The minimum Gasteiger partial charge on any atom is -0.423 e. The predicted molar refractivity (Wildman–Crippen MR) is 90.0 cm³/mol. The molecular weight excluding hydrogens is 331 g/mol. The van der Waals surface area contributed by atoms with Crippen molar-refractivity contribution in [3.63, 3.8) is 0 Å². The minimum atomic E-state index is -0.980. The van der Waals surface area contributed by atoms with Crippen molar-refractivity contribution in [1.29, 1.82) is 0 Å². The van der Waals surface area contributed by atoms with Crippen LogP contribution in [0.3, 0.4) is 0 Å². The molecule has 24 heavy (non-hydrogen) atoms. The number of rotatable bonds is 2. The summed E-state index contributed by atoms with van der Waals surface area (Å²) < 4.78 is 18.8. The maximum atomic E-state index is 13.1. The lowest BCUT2D eigenvalue weighted by Crippen LogP contribution is -2.35. The van der Waals surface area contributed by atoms with Gasteiger partial charge in [-0.2, -0.15) is 0 Å². The molecule has 1 aliphatic heterocycles. The molecule has 4 rings (SSSR count). The Labute approximate surface area is 143 Å². The first-order valence-electron chi connectivity index (χ1n) is 7.75. The number of nitrogens with one attached hydrogen (secondary N) is 1. The molecule has 2 aromatic carbocycles. The Morgan fingerprint density at radius 3 is 2.75 bits per heavy atom. The number of fused-ring (bicyclic) bond motifs is 2. The highest BCUT2D eigenvalue weighted by Gasteiger charge is 2.50. The Kier molecular flexibility index (Phi) is 3.64. The number of benzene rings is 2. The van der Waals surface area contributed by atoms with Crippen LogP contribution < -0.4 is 10.8 Å². The van der Waals surface area contributed by atoms with Crippen LogP contribution in [-0.4, -0.2) is 18.0 Å². The summed E-state index contributed by atoms with van der Waals surface area (Å²) in [6.45, 7) is 0. The highest BCUT2D eigenvalue weighted by atomic mass is 35.5. The number of carbonyl (C=O) groups excluding carboxylic acids is 1. The van der Waals surface area contributed by atoms with E-state index in [1.807, 2.05) is 6.07 Å². The van der Waals surface area contributed by atoms with Crippen molar-refractivity contribution in [1.82, 2.24) is 0 Å². The number of hydrogen-bond donors (Lipinski definition) is 2. The molecule has 1 spiro atoms. The molecule has 4 nitrogen and oxygen atoms in total. The van der Waals surface area contributed by atoms with Gasteiger partial charge in [-0.3, -0.25) is 4.79 Å². The van der Waals surface area contributed by atoms with Gasteiger partial charge in [-0.15, -0.1) is 0 Å². The van der Waals surface area contributed by atoms with Crippen molar-refractivity contribution in [3.05, 3.63) is 58.4 Å². The maximum Gasteiger partial charge on any atom is 0.492 e.